The van der Waals surface area contributed by atoms with Crippen molar-refractivity contribution in [2.24, 2.45) is 0 Å². The molecule has 110 valence electrons. The Labute approximate surface area is 121 Å². The van der Waals surface area contributed by atoms with Crippen molar-refractivity contribution in [3.8, 4) is 5.75 Å². The number of rotatable bonds is 4. The molecular weight excluding hydrogens is 252 g/mol. The molecule has 1 aromatic rings. The average Bonchev–Trinajstić information content (AvgIpc) is 2.41. The number of para-hydroxylation sites is 1. The molecule has 0 aliphatic carbocycles. The van der Waals surface area contributed by atoms with Gasteiger partial charge in [-0.05, 0) is 45.9 Å². The number of piperidine rings is 1. The maximum Gasteiger partial charge on any atom is 0.255 e. The molecule has 1 aliphatic heterocycles. The van der Waals surface area contributed by atoms with Crippen LogP contribution in [0.4, 0.5) is 0 Å². The maximum absolute atomic E-state index is 12.2. The van der Waals surface area contributed by atoms with Crippen molar-refractivity contribution < 1.29 is 9.53 Å². The molecule has 0 spiro atoms. The van der Waals surface area contributed by atoms with Gasteiger partial charge in [0.25, 0.3) is 5.91 Å². The second kappa shape index (κ2) is 6.75. The molecule has 4 heteroatoms. The van der Waals surface area contributed by atoms with E-state index in [1.165, 1.54) is 0 Å². The number of nitrogens with zero attached hydrogens (tertiary/aromatic N) is 1. The van der Waals surface area contributed by atoms with E-state index in [4.69, 9.17) is 4.74 Å². The minimum absolute atomic E-state index is 0.0662. The van der Waals surface area contributed by atoms with E-state index >= 15 is 0 Å². The molecule has 0 atom stereocenters. The highest BCUT2D eigenvalue weighted by Crippen LogP contribution is 2.23. The molecule has 0 saturated carbocycles. The van der Waals surface area contributed by atoms with E-state index in [0.717, 1.165) is 25.9 Å². The molecule has 1 aromatic carbocycles. The summed E-state index contributed by atoms with van der Waals surface area (Å²) in [7, 11) is 2.13. The first-order valence-corrected chi connectivity index (χ1v) is 7.31. The van der Waals surface area contributed by atoms with Crippen LogP contribution in [0.5, 0.6) is 5.75 Å². The molecule has 1 heterocycles. The van der Waals surface area contributed by atoms with Crippen LogP contribution >= 0.6 is 0 Å². The van der Waals surface area contributed by atoms with Crippen LogP contribution in [0.3, 0.4) is 0 Å². The fraction of sp³-hybridized carbons (Fsp3) is 0.562. The normalized spacial score (nSPS) is 17.2. The van der Waals surface area contributed by atoms with Crippen LogP contribution in [0.25, 0.3) is 0 Å². The Bertz CT molecular complexity index is 452. The number of nitrogens with one attached hydrogen (secondary N) is 1. The van der Waals surface area contributed by atoms with Crippen molar-refractivity contribution in [3.05, 3.63) is 29.8 Å². The van der Waals surface area contributed by atoms with Gasteiger partial charge in [0.1, 0.15) is 11.9 Å². The Kier molecular flexibility index (Phi) is 5.01. The highest BCUT2D eigenvalue weighted by atomic mass is 16.5. The molecule has 0 radical (unpaired) electrons. The number of amides is 1. The molecule has 0 unspecified atom stereocenters. The molecule has 1 fully saturated rings. The van der Waals surface area contributed by atoms with Crippen molar-refractivity contribution in [2.45, 2.75) is 38.8 Å². The summed E-state index contributed by atoms with van der Waals surface area (Å²) in [6.45, 7) is 6.01. The van der Waals surface area contributed by atoms with Gasteiger partial charge in [-0.15, -0.1) is 0 Å². The Balaban J connectivity index is 2.06. The zero-order valence-electron chi connectivity index (χ0n) is 12.6. The van der Waals surface area contributed by atoms with Crippen molar-refractivity contribution >= 4 is 5.91 Å². The molecular formula is C16H24N2O2. The third-order valence-corrected chi connectivity index (χ3v) is 3.51. The summed E-state index contributed by atoms with van der Waals surface area (Å²) >= 11 is 0. The molecule has 2 rings (SSSR count). The number of carbonyl (C=O) groups is 1. The van der Waals surface area contributed by atoms with Gasteiger partial charge in [-0.1, -0.05) is 12.1 Å². The van der Waals surface area contributed by atoms with E-state index in [0.29, 0.717) is 11.3 Å². The van der Waals surface area contributed by atoms with E-state index in [1.54, 1.807) is 0 Å². The third kappa shape index (κ3) is 3.97. The second-order valence-electron chi connectivity index (χ2n) is 5.74. The summed E-state index contributed by atoms with van der Waals surface area (Å²) in [5.74, 6) is 0.628. The van der Waals surface area contributed by atoms with Crippen LogP contribution in [-0.4, -0.2) is 43.1 Å². The largest absolute Gasteiger partial charge is 0.489 e. The molecule has 1 N–H and O–H groups in total. The summed E-state index contributed by atoms with van der Waals surface area (Å²) in [5.41, 5.74) is 0.625. The lowest BCUT2D eigenvalue weighted by atomic mass is 10.1. The van der Waals surface area contributed by atoms with Gasteiger partial charge in [-0.3, -0.25) is 4.79 Å². The van der Waals surface area contributed by atoms with Crippen LogP contribution in [0.1, 0.15) is 37.0 Å². The number of ether oxygens (including phenoxy) is 1. The zero-order valence-corrected chi connectivity index (χ0v) is 12.6. The molecule has 0 bridgehead atoms. The van der Waals surface area contributed by atoms with Gasteiger partial charge < -0.3 is 15.0 Å². The Morgan fingerprint density at radius 2 is 1.95 bits per heavy atom. The van der Waals surface area contributed by atoms with Crippen LogP contribution < -0.4 is 10.1 Å². The first-order valence-electron chi connectivity index (χ1n) is 7.31. The quantitative estimate of drug-likeness (QED) is 0.917. The molecule has 1 saturated heterocycles. The van der Waals surface area contributed by atoms with Crippen molar-refractivity contribution in [3.63, 3.8) is 0 Å². The Morgan fingerprint density at radius 3 is 2.60 bits per heavy atom. The fourth-order valence-electron chi connectivity index (χ4n) is 2.38. The average molecular weight is 276 g/mol. The van der Waals surface area contributed by atoms with Gasteiger partial charge in [0.05, 0.1) is 5.56 Å². The molecule has 20 heavy (non-hydrogen) atoms. The predicted molar refractivity (Wildman–Crippen MR) is 80.2 cm³/mol. The number of benzene rings is 1. The Hall–Kier alpha value is -1.55. The van der Waals surface area contributed by atoms with Gasteiger partial charge in [0, 0.05) is 19.1 Å². The maximum atomic E-state index is 12.2. The molecule has 0 aromatic heterocycles. The lowest BCUT2D eigenvalue weighted by Gasteiger charge is -2.29. The number of carbonyl (C=O) groups excluding carboxylic acids is 1. The van der Waals surface area contributed by atoms with E-state index in [9.17, 15) is 4.79 Å². The lowest BCUT2D eigenvalue weighted by molar-refractivity contribution is 0.0918. The van der Waals surface area contributed by atoms with Crippen LogP contribution in [-0.2, 0) is 0 Å². The topological polar surface area (TPSA) is 41.6 Å². The first-order chi connectivity index (χ1) is 9.56. The fourth-order valence-corrected chi connectivity index (χ4v) is 2.38. The third-order valence-electron chi connectivity index (χ3n) is 3.51. The predicted octanol–water partition coefficient (Wildman–Crippen LogP) is 2.30. The summed E-state index contributed by atoms with van der Waals surface area (Å²) in [5, 5.41) is 2.92. The summed E-state index contributed by atoms with van der Waals surface area (Å²) < 4.78 is 6.05. The van der Waals surface area contributed by atoms with Crippen molar-refractivity contribution in [1.82, 2.24) is 10.2 Å². The highest BCUT2D eigenvalue weighted by Gasteiger charge is 2.20. The van der Waals surface area contributed by atoms with Gasteiger partial charge in [0.2, 0.25) is 0 Å². The SMILES string of the molecule is CC(C)NC(=O)c1ccccc1OC1CCN(C)CC1. The van der Waals surface area contributed by atoms with Crippen molar-refractivity contribution in [2.75, 3.05) is 20.1 Å². The summed E-state index contributed by atoms with van der Waals surface area (Å²) in [6, 6.07) is 7.61. The number of hydrogen-bond acceptors (Lipinski definition) is 3. The molecule has 1 amide bonds. The summed E-state index contributed by atoms with van der Waals surface area (Å²) in [6.07, 6.45) is 2.23. The van der Waals surface area contributed by atoms with E-state index in [2.05, 4.69) is 17.3 Å². The van der Waals surface area contributed by atoms with E-state index in [1.807, 2.05) is 38.1 Å². The minimum atomic E-state index is -0.0662. The Morgan fingerprint density at radius 1 is 1.30 bits per heavy atom. The van der Waals surface area contributed by atoms with Crippen molar-refractivity contribution in [1.29, 1.82) is 0 Å². The van der Waals surface area contributed by atoms with Gasteiger partial charge in [-0.2, -0.15) is 0 Å². The highest BCUT2D eigenvalue weighted by molar-refractivity contribution is 5.97. The van der Waals surface area contributed by atoms with Crippen LogP contribution in [0.15, 0.2) is 24.3 Å². The van der Waals surface area contributed by atoms with Gasteiger partial charge >= 0.3 is 0 Å². The standard InChI is InChI=1S/C16H24N2O2/c1-12(2)17-16(19)14-6-4-5-7-15(14)20-13-8-10-18(3)11-9-13/h4-7,12-13H,8-11H2,1-3H3,(H,17,19). The summed E-state index contributed by atoms with van der Waals surface area (Å²) in [4.78, 5) is 14.5. The van der Waals surface area contributed by atoms with E-state index < -0.39 is 0 Å². The monoisotopic (exact) mass is 276 g/mol. The lowest BCUT2D eigenvalue weighted by Crippen LogP contribution is -2.36. The van der Waals surface area contributed by atoms with Crippen LogP contribution in [0.2, 0.25) is 0 Å². The van der Waals surface area contributed by atoms with Crippen LogP contribution in [0, 0.1) is 0 Å². The smallest absolute Gasteiger partial charge is 0.255 e. The second-order valence-corrected chi connectivity index (χ2v) is 5.74. The minimum Gasteiger partial charge on any atom is -0.489 e. The zero-order chi connectivity index (χ0) is 14.5. The molecule has 1 aliphatic rings. The first kappa shape index (κ1) is 14.9. The molecule has 4 nitrogen and oxygen atoms in total. The van der Waals surface area contributed by atoms with E-state index in [-0.39, 0.29) is 18.1 Å². The van der Waals surface area contributed by atoms with Gasteiger partial charge in [0.15, 0.2) is 0 Å². The van der Waals surface area contributed by atoms with Gasteiger partial charge in [-0.25, -0.2) is 0 Å². The number of hydrogen-bond donors (Lipinski definition) is 1. The number of likely N-dealkylation sites (tertiary alicyclic amines) is 1.